The molecule has 8 heteroatoms. The minimum atomic E-state index is -0.506. The van der Waals surface area contributed by atoms with Crippen molar-refractivity contribution in [2.24, 2.45) is 0 Å². The van der Waals surface area contributed by atoms with Crippen molar-refractivity contribution in [3.8, 4) is 5.75 Å². The molecule has 3 aromatic rings. The Morgan fingerprint density at radius 1 is 1.03 bits per heavy atom. The van der Waals surface area contributed by atoms with E-state index in [4.69, 9.17) is 9.47 Å². The van der Waals surface area contributed by atoms with E-state index in [0.29, 0.717) is 23.5 Å². The minimum absolute atomic E-state index is 0.161. The summed E-state index contributed by atoms with van der Waals surface area (Å²) in [5.74, 6) is 0.454. The summed E-state index contributed by atoms with van der Waals surface area (Å²) in [7, 11) is 1.59. The van der Waals surface area contributed by atoms with Gasteiger partial charge < -0.3 is 25.0 Å². The van der Waals surface area contributed by atoms with E-state index in [-0.39, 0.29) is 12.5 Å². The first-order valence-electron chi connectivity index (χ1n) is 11.2. The van der Waals surface area contributed by atoms with E-state index in [9.17, 15) is 9.59 Å². The second-order valence-corrected chi connectivity index (χ2v) is 8.02. The van der Waals surface area contributed by atoms with Crippen LogP contribution in [0.2, 0.25) is 0 Å². The number of rotatable bonds is 8. The van der Waals surface area contributed by atoms with Gasteiger partial charge in [-0.2, -0.15) is 0 Å². The highest BCUT2D eigenvalue weighted by Gasteiger charge is 2.20. The summed E-state index contributed by atoms with van der Waals surface area (Å²) in [6, 6.07) is 16.6. The molecule has 2 amide bonds. The van der Waals surface area contributed by atoms with Gasteiger partial charge in [-0.15, -0.1) is 0 Å². The number of aromatic nitrogens is 1. The van der Waals surface area contributed by atoms with Gasteiger partial charge in [-0.3, -0.25) is 9.78 Å². The SMILES string of the molecule is COc1ccc(N2CCCC2)c(C(=O)Nc2ccc(CNC(=O)OCc3cccnc3)cc2)c1. The van der Waals surface area contributed by atoms with Crippen LogP contribution in [0.3, 0.4) is 0 Å². The number of hydrogen-bond donors (Lipinski definition) is 2. The highest BCUT2D eigenvalue weighted by Crippen LogP contribution is 2.29. The number of benzene rings is 2. The van der Waals surface area contributed by atoms with Crippen molar-refractivity contribution in [3.05, 3.63) is 83.7 Å². The van der Waals surface area contributed by atoms with Crippen LogP contribution >= 0.6 is 0 Å². The topological polar surface area (TPSA) is 92.8 Å². The van der Waals surface area contributed by atoms with Gasteiger partial charge in [0.2, 0.25) is 0 Å². The van der Waals surface area contributed by atoms with Gasteiger partial charge in [0.25, 0.3) is 5.91 Å². The van der Waals surface area contributed by atoms with Crippen LogP contribution in [0.25, 0.3) is 0 Å². The summed E-state index contributed by atoms with van der Waals surface area (Å²) in [5.41, 5.74) is 3.88. The Hall–Kier alpha value is -4.07. The Morgan fingerprint density at radius 2 is 1.82 bits per heavy atom. The van der Waals surface area contributed by atoms with Crippen molar-refractivity contribution in [2.45, 2.75) is 26.0 Å². The zero-order chi connectivity index (χ0) is 23.8. The third kappa shape index (κ3) is 6.04. The fourth-order valence-corrected chi connectivity index (χ4v) is 3.82. The van der Waals surface area contributed by atoms with Crippen LogP contribution < -0.4 is 20.3 Å². The van der Waals surface area contributed by atoms with Crippen molar-refractivity contribution < 1.29 is 19.1 Å². The molecule has 34 heavy (non-hydrogen) atoms. The predicted molar refractivity (Wildman–Crippen MR) is 130 cm³/mol. The van der Waals surface area contributed by atoms with Gasteiger partial charge in [0.1, 0.15) is 12.4 Å². The molecular formula is C26H28N4O4. The molecule has 0 bridgehead atoms. The molecule has 4 rings (SSSR count). The van der Waals surface area contributed by atoms with E-state index in [1.807, 2.05) is 42.5 Å². The highest BCUT2D eigenvalue weighted by atomic mass is 16.5. The van der Waals surface area contributed by atoms with E-state index in [1.165, 1.54) is 0 Å². The maximum Gasteiger partial charge on any atom is 0.407 e. The van der Waals surface area contributed by atoms with Gasteiger partial charge in [0, 0.05) is 49.0 Å². The second kappa shape index (κ2) is 11.2. The molecule has 176 valence electrons. The molecule has 0 atom stereocenters. The van der Waals surface area contributed by atoms with Gasteiger partial charge in [-0.05, 0) is 54.8 Å². The molecule has 1 aliphatic heterocycles. The summed E-state index contributed by atoms with van der Waals surface area (Å²) in [6.45, 7) is 2.36. The first kappa shape index (κ1) is 23.1. The quantitative estimate of drug-likeness (QED) is 0.519. The number of carbonyl (C=O) groups is 2. The monoisotopic (exact) mass is 460 g/mol. The molecule has 0 unspecified atom stereocenters. The molecule has 0 saturated carbocycles. The summed E-state index contributed by atoms with van der Waals surface area (Å²) >= 11 is 0. The number of alkyl carbamates (subject to hydrolysis) is 1. The lowest BCUT2D eigenvalue weighted by Gasteiger charge is -2.21. The second-order valence-electron chi connectivity index (χ2n) is 8.02. The molecule has 0 spiro atoms. The number of methoxy groups -OCH3 is 1. The van der Waals surface area contributed by atoms with Crippen LogP contribution in [0, 0.1) is 0 Å². The van der Waals surface area contributed by atoms with Crippen LogP contribution in [-0.4, -0.2) is 37.2 Å². The average molecular weight is 461 g/mol. The molecule has 8 nitrogen and oxygen atoms in total. The first-order valence-corrected chi connectivity index (χ1v) is 11.2. The largest absolute Gasteiger partial charge is 0.497 e. The average Bonchev–Trinajstić information content (AvgIpc) is 3.42. The summed E-state index contributed by atoms with van der Waals surface area (Å²) < 4.78 is 10.5. The van der Waals surface area contributed by atoms with E-state index < -0.39 is 6.09 Å². The summed E-state index contributed by atoms with van der Waals surface area (Å²) in [5, 5.41) is 5.68. The third-order valence-corrected chi connectivity index (χ3v) is 5.64. The molecule has 2 aromatic carbocycles. The van der Waals surface area contributed by atoms with Crippen molar-refractivity contribution in [3.63, 3.8) is 0 Å². The summed E-state index contributed by atoms with van der Waals surface area (Å²) in [6.07, 6.45) is 5.06. The van der Waals surface area contributed by atoms with Crippen molar-refractivity contribution in [1.29, 1.82) is 0 Å². The molecule has 1 saturated heterocycles. The predicted octanol–water partition coefficient (Wildman–Crippen LogP) is 4.37. The summed E-state index contributed by atoms with van der Waals surface area (Å²) in [4.78, 5) is 31.2. The van der Waals surface area contributed by atoms with Crippen molar-refractivity contribution in [1.82, 2.24) is 10.3 Å². The molecule has 1 fully saturated rings. The zero-order valence-electron chi connectivity index (χ0n) is 19.1. The Kier molecular flexibility index (Phi) is 7.60. The molecule has 0 radical (unpaired) electrons. The van der Waals surface area contributed by atoms with Gasteiger partial charge in [0.15, 0.2) is 0 Å². The van der Waals surface area contributed by atoms with Gasteiger partial charge in [0.05, 0.1) is 12.7 Å². The first-order chi connectivity index (χ1) is 16.6. The van der Waals surface area contributed by atoms with E-state index in [1.54, 1.807) is 31.6 Å². The standard InChI is InChI=1S/C26H28N4O4/c1-33-22-10-11-24(30-13-2-3-14-30)23(15-22)25(31)29-21-8-6-19(7-9-21)17-28-26(32)34-18-20-5-4-12-27-16-20/h4-12,15-16H,2-3,13-14,17-18H2,1H3,(H,28,32)(H,29,31). The Morgan fingerprint density at radius 3 is 2.53 bits per heavy atom. The number of amides is 2. The van der Waals surface area contributed by atoms with E-state index in [0.717, 1.165) is 42.7 Å². The Bertz CT molecular complexity index is 1110. The van der Waals surface area contributed by atoms with E-state index >= 15 is 0 Å². The van der Waals surface area contributed by atoms with Crippen LogP contribution in [0.15, 0.2) is 67.0 Å². The number of pyridine rings is 1. The number of hydrogen-bond acceptors (Lipinski definition) is 6. The van der Waals surface area contributed by atoms with Crippen molar-refractivity contribution >= 4 is 23.4 Å². The molecular weight excluding hydrogens is 432 g/mol. The third-order valence-electron chi connectivity index (χ3n) is 5.64. The maximum atomic E-state index is 13.1. The molecule has 1 aromatic heterocycles. The number of nitrogens with zero attached hydrogens (tertiary/aromatic N) is 2. The normalized spacial score (nSPS) is 12.8. The fraction of sp³-hybridized carbons (Fsp3) is 0.269. The van der Waals surface area contributed by atoms with Crippen LogP contribution in [0.4, 0.5) is 16.2 Å². The number of anilines is 2. The van der Waals surface area contributed by atoms with Crippen LogP contribution in [0.1, 0.15) is 34.3 Å². The lowest BCUT2D eigenvalue weighted by atomic mass is 10.1. The highest BCUT2D eigenvalue weighted by molar-refractivity contribution is 6.08. The Labute approximate surface area is 198 Å². The molecule has 0 aliphatic carbocycles. The lowest BCUT2D eigenvalue weighted by molar-refractivity contribution is 0.102. The number of nitrogens with one attached hydrogen (secondary N) is 2. The number of ether oxygens (including phenoxy) is 2. The van der Waals surface area contributed by atoms with Gasteiger partial charge in [-0.25, -0.2) is 4.79 Å². The zero-order valence-corrected chi connectivity index (χ0v) is 19.1. The maximum absolute atomic E-state index is 13.1. The van der Waals surface area contributed by atoms with Crippen LogP contribution in [0.5, 0.6) is 5.75 Å². The number of carbonyl (C=O) groups excluding carboxylic acids is 2. The Balaban J connectivity index is 1.33. The van der Waals surface area contributed by atoms with Gasteiger partial charge >= 0.3 is 6.09 Å². The van der Waals surface area contributed by atoms with Crippen LogP contribution in [-0.2, 0) is 17.9 Å². The fourth-order valence-electron chi connectivity index (χ4n) is 3.82. The van der Waals surface area contributed by atoms with Crippen molar-refractivity contribution in [2.75, 3.05) is 30.4 Å². The van der Waals surface area contributed by atoms with E-state index in [2.05, 4.69) is 20.5 Å². The molecule has 2 heterocycles. The minimum Gasteiger partial charge on any atom is -0.497 e. The molecule has 1 aliphatic rings. The molecule has 2 N–H and O–H groups in total. The lowest BCUT2D eigenvalue weighted by Crippen LogP contribution is -2.24. The van der Waals surface area contributed by atoms with Gasteiger partial charge in [-0.1, -0.05) is 18.2 Å². The smallest absolute Gasteiger partial charge is 0.407 e.